The van der Waals surface area contributed by atoms with Gasteiger partial charge in [-0.2, -0.15) is 0 Å². The van der Waals surface area contributed by atoms with E-state index in [1.54, 1.807) is 19.1 Å². The molecule has 2 bridgehead atoms. The van der Waals surface area contributed by atoms with Crippen LogP contribution in [-0.4, -0.2) is 54.4 Å². The van der Waals surface area contributed by atoms with Crippen molar-refractivity contribution < 1.29 is 22.5 Å². The fourth-order valence-electron chi connectivity index (χ4n) is 6.81. The molecule has 2 aromatic carbocycles. The van der Waals surface area contributed by atoms with Gasteiger partial charge in [0.15, 0.2) is 5.13 Å². The summed E-state index contributed by atoms with van der Waals surface area (Å²) in [6.07, 6.45) is 6.29. The smallest absolute Gasteiger partial charge is 0.264 e. The standard InChI is InChI=1S/C32H33Cl2N5O5S2/c1-32(8-9-32)46(41,42)38-30(40)17-10-24(43-2)28-25(11-17)45-31(36-28)39-19-12-18(13-20(39)14-19)35-15-21-27(37-44-29(21)16-6-7-16)26-22(33)4-3-5-23(26)34/h3-5,10-11,16,18-20,35H,6-9,12-15H2,1-2H3,(H,38,40). The first-order valence-electron chi connectivity index (χ1n) is 15.5. The van der Waals surface area contributed by atoms with Crippen molar-refractivity contribution in [2.45, 2.75) is 87.2 Å². The molecule has 2 aromatic heterocycles. The average Bonchev–Trinajstić information content (AvgIpc) is 3.93. The zero-order chi connectivity index (χ0) is 32.0. The number of nitrogens with one attached hydrogen (secondary N) is 2. The predicted octanol–water partition coefficient (Wildman–Crippen LogP) is 6.66. The second kappa shape index (κ2) is 11.1. The number of ether oxygens (including phenoxy) is 1. The molecule has 5 aliphatic rings. The van der Waals surface area contributed by atoms with E-state index in [-0.39, 0.29) is 5.56 Å². The molecule has 0 radical (unpaired) electrons. The highest BCUT2D eigenvalue weighted by Crippen LogP contribution is 2.48. The maximum Gasteiger partial charge on any atom is 0.264 e. The first-order valence-corrected chi connectivity index (χ1v) is 18.6. The number of carbonyl (C=O) groups excluding carboxylic acids is 1. The van der Waals surface area contributed by atoms with Gasteiger partial charge in [-0.15, -0.1) is 0 Å². The Morgan fingerprint density at radius 2 is 1.87 bits per heavy atom. The molecule has 2 aliphatic heterocycles. The highest BCUT2D eigenvalue weighted by atomic mass is 35.5. The minimum atomic E-state index is -3.76. The van der Waals surface area contributed by atoms with Gasteiger partial charge in [-0.05, 0) is 76.1 Å². The summed E-state index contributed by atoms with van der Waals surface area (Å²) in [5.41, 5.74) is 3.36. The van der Waals surface area contributed by atoms with E-state index in [1.807, 2.05) is 18.2 Å². The van der Waals surface area contributed by atoms with Crippen LogP contribution < -0.4 is 19.7 Å². The number of sulfonamides is 1. The number of fused-ring (bicyclic) bond motifs is 3. The molecule has 1 amide bonds. The van der Waals surface area contributed by atoms with E-state index in [9.17, 15) is 13.2 Å². The van der Waals surface area contributed by atoms with E-state index in [0.717, 1.165) is 53.3 Å². The largest absolute Gasteiger partial charge is 0.494 e. The molecule has 46 heavy (non-hydrogen) atoms. The van der Waals surface area contributed by atoms with Crippen LogP contribution in [0.5, 0.6) is 5.75 Å². The van der Waals surface area contributed by atoms with Gasteiger partial charge in [-0.25, -0.2) is 18.1 Å². The Bertz CT molecular complexity index is 1960. The second-order valence-electron chi connectivity index (χ2n) is 13.2. The summed E-state index contributed by atoms with van der Waals surface area (Å²) in [5, 5.41) is 10.2. The van der Waals surface area contributed by atoms with E-state index >= 15 is 0 Å². The molecule has 9 rings (SSSR count). The molecule has 0 spiro atoms. The zero-order valence-electron chi connectivity index (χ0n) is 25.3. The van der Waals surface area contributed by atoms with Crippen molar-refractivity contribution in [3.63, 3.8) is 0 Å². The number of aromatic nitrogens is 2. The van der Waals surface area contributed by atoms with Crippen LogP contribution in [0.25, 0.3) is 21.5 Å². The van der Waals surface area contributed by atoms with Gasteiger partial charge >= 0.3 is 0 Å². The van der Waals surface area contributed by atoms with Crippen molar-refractivity contribution in [2.75, 3.05) is 12.0 Å². The second-order valence-corrected chi connectivity index (χ2v) is 17.2. The van der Waals surface area contributed by atoms with Gasteiger partial charge < -0.3 is 19.5 Å². The van der Waals surface area contributed by atoms with Crippen molar-refractivity contribution in [1.29, 1.82) is 0 Å². The lowest BCUT2D eigenvalue weighted by atomic mass is 9.77. The Morgan fingerprint density at radius 1 is 1.15 bits per heavy atom. The van der Waals surface area contributed by atoms with Crippen LogP contribution in [0.15, 0.2) is 34.9 Å². The Kier molecular flexibility index (Phi) is 7.33. The Labute approximate surface area is 280 Å². The first-order chi connectivity index (χ1) is 22.0. The number of hydrogen-bond acceptors (Lipinski definition) is 10. The molecule has 10 nitrogen and oxygen atoms in total. The molecule has 2 N–H and O–H groups in total. The third-order valence-electron chi connectivity index (χ3n) is 9.96. The maximum atomic E-state index is 13.0. The van der Waals surface area contributed by atoms with Crippen LogP contribution in [0.1, 0.15) is 79.5 Å². The number of carbonyl (C=O) groups is 1. The lowest BCUT2D eigenvalue weighted by Crippen LogP contribution is -2.64. The van der Waals surface area contributed by atoms with Crippen LogP contribution in [0.4, 0.5) is 5.13 Å². The van der Waals surface area contributed by atoms with Crippen LogP contribution in [0.3, 0.4) is 0 Å². The molecule has 4 heterocycles. The summed E-state index contributed by atoms with van der Waals surface area (Å²) >= 11 is 14.6. The molecule has 2 atom stereocenters. The van der Waals surface area contributed by atoms with E-state index in [0.29, 0.717) is 76.0 Å². The van der Waals surface area contributed by atoms with Crippen molar-refractivity contribution in [3.05, 3.63) is 57.3 Å². The van der Waals surface area contributed by atoms with Crippen LogP contribution in [0.2, 0.25) is 10.0 Å². The van der Waals surface area contributed by atoms with Gasteiger partial charge in [0.25, 0.3) is 5.91 Å². The van der Waals surface area contributed by atoms with Gasteiger partial charge in [0.2, 0.25) is 10.0 Å². The number of methoxy groups -OCH3 is 1. The molecular weight excluding hydrogens is 669 g/mol. The van der Waals surface area contributed by atoms with Gasteiger partial charge in [0.1, 0.15) is 22.7 Å². The van der Waals surface area contributed by atoms with Gasteiger partial charge in [-0.1, -0.05) is 45.8 Å². The molecule has 3 saturated carbocycles. The molecule has 2 unspecified atom stereocenters. The Hall–Kier alpha value is -2.90. The number of piperidine rings is 1. The van der Waals surface area contributed by atoms with E-state index in [1.165, 1.54) is 18.4 Å². The van der Waals surface area contributed by atoms with Crippen molar-refractivity contribution in [1.82, 2.24) is 20.2 Å². The maximum absolute atomic E-state index is 13.0. The number of amides is 1. The third-order valence-corrected chi connectivity index (χ3v) is 13.8. The number of halogens is 2. The highest BCUT2D eigenvalue weighted by molar-refractivity contribution is 7.91. The van der Waals surface area contributed by atoms with E-state index in [4.69, 9.17) is 37.4 Å². The average molecular weight is 703 g/mol. The molecule has 14 heteroatoms. The Morgan fingerprint density at radius 3 is 2.52 bits per heavy atom. The fourth-order valence-corrected chi connectivity index (χ4v) is 9.80. The number of hydrogen-bond donors (Lipinski definition) is 2. The molecule has 2 saturated heterocycles. The van der Waals surface area contributed by atoms with Crippen LogP contribution in [-0.2, 0) is 16.6 Å². The quantitative estimate of drug-likeness (QED) is 0.187. The van der Waals surface area contributed by atoms with Gasteiger partial charge in [-0.3, -0.25) is 4.79 Å². The monoisotopic (exact) mass is 701 g/mol. The normalized spacial score (nSPS) is 23.3. The third kappa shape index (κ3) is 5.17. The first kappa shape index (κ1) is 30.4. The SMILES string of the molecule is COc1cc(C(=O)NS(=O)(=O)C2(C)CC2)cc2sc(N3C4CC(NCc5c(-c6c(Cl)cccc6Cl)noc5C5CC5)CC3C4)nc12. The molecular formula is C32H33Cl2N5O5S2. The molecule has 4 aromatic rings. The summed E-state index contributed by atoms with van der Waals surface area (Å²) < 4.78 is 38.9. The van der Waals surface area contributed by atoms with Crippen molar-refractivity contribution >= 4 is 65.8 Å². The van der Waals surface area contributed by atoms with E-state index in [2.05, 4.69) is 20.1 Å². The summed E-state index contributed by atoms with van der Waals surface area (Å²) in [6.45, 7) is 2.27. The number of benzene rings is 2. The molecule has 242 valence electrons. The number of rotatable bonds is 10. The van der Waals surface area contributed by atoms with Gasteiger partial charge in [0.05, 0.1) is 26.6 Å². The van der Waals surface area contributed by atoms with Crippen LogP contribution in [0, 0.1) is 0 Å². The number of thiazole rings is 1. The zero-order valence-corrected chi connectivity index (χ0v) is 28.5. The molecule has 3 aliphatic carbocycles. The summed E-state index contributed by atoms with van der Waals surface area (Å²) in [7, 11) is -2.23. The lowest BCUT2D eigenvalue weighted by Gasteiger charge is -2.55. The summed E-state index contributed by atoms with van der Waals surface area (Å²) in [4.78, 5) is 20.3. The predicted molar refractivity (Wildman–Crippen MR) is 179 cm³/mol. The number of nitrogens with zero attached hydrogens (tertiary/aromatic N) is 3. The van der Waals surface area contributed by atoms with Gasteiger partial charge in [0, 0.05) is 47.3 Å². The molecule has 5 fully saturated rings. The number of anilines is 1. The lowest BCUT2D eigenvalue weighted by molar-refractivity contribution is 0.0980. The Balaban J connectivity index is 0.981. The highest BCUT2D eigenvalue weighted by Gasteiger charge is 2.51. The minimum Gasteiger partial charge on any atom is -0.494 e. The summed E-state index contributed by atoms with van der Waals surface area (Å²) in [6, 6.07) is 9.71. The van der Waals surface area contributed by atoms with Crippen molar-refractivity contribution in [3.8, 4) is 17.0 Å². The summed E-state index contributed by atoms with van der Waals surface area (Å²) in [5.74, 6) is 1.11. The van der Waals surface area contributed by atoms with Crippen molar-refractivity contribution in [2.24, 2.45) is 0 Å². The van der Waals surface area contributed by atoms with Crippen LogP contribution >= 0.6 is 34.5 Å². The minimum absolute atomic E-state index is 0.234. The van der Waals surface area contributed by atoms with E-state index < -0.39 is 20.7 Å². The topological polar surface area (TPSA) is 127 Å². The fraction of sp³-hybridized carbons (Fsp3) is 0.469.